The Bertz CT molecular complexity index is 786. The monoisotopic (exact) mass is 273 g/mol. The Morgan fingerprint density at radius 2 is 1.89 bits per heavy atom. The average molecular weight is 273 g/mol. The van der Waals surface area contributed by atoms with Gasteiger partial charge in [0.15, 0.2) is 0 Å². The highest BCUT2D eigenvalue weighted by molar-refractivity contribution is 7.80. The molecule has 3 rings (SSSR count). The molecule has 1 heterocycles. The van der Waals surface area contributed by atoms with Gasteiger partial charge in [-0.2, -0.15) is 4.68 Å². The molecule has 2 aromatic carbocycles. The highest BCUT2D eigenvalue weighted by Crippen LogP contribution is 2.30. The molecule has 0 bridgehead atoms. The van der Waals surface area contributed by atoms with Crippen LogP contribution in [-0.2, 0) is 0 Å². The number of thiol groups is 1. The molecular formula is C11H7N5O2S. The smallest absolute Gasteiger partial charge is 0.258 e. The summed E-state index contributed by atoms with van der Waals surface area (Å²) in [5.41, 5.74) is 0.698. The van der Waals surface area contributed by atoms with Gasteiger partial charge in [0.25, 0.3) is 5.69 Å². The quantitative estimate of drug-likeness (QED) is 0.438. The summed E-state index contributed by atoms with van der Waals surface area (Å²) in [6, 6.07) is 10.1. The fourth-order valence-corrected chi connectivity index (χ4v) is 2.14. The molecule has 0 spiro atoms. The summed E-state index contributed by atoms with van der Waals surface area (Å²) >= 11 is 4.15. The van der Waals surface area contributed by atoms with Crippen LogP contribution in [-0.4, -0.2) is 25.1 Å². The minimum Gasteiger partial charge on any atom is -0.258 e. The molecule has 0 amide bonds. The largest absolute Gasteiger partial charge is 0.277 e. The summed E-state index contributed by atoms with van der Waals surface area (Å²) in [5, 5.41) is 23.6. The van der Waals surface area contributed by atoms with E-state index in [-0.39, 0.29) is 5.69 Å². The maximum absolute atomic E-state index is 11.0. The lowest BCUT2D eigenvalue weighted by molar-refractivity contribution is -0.383. The number of benzene rings is 2. The Morgan fingerprint density at radius 1 is 1.16 bits per heavy atom. The Morgan fingerprint density at radius 3 is 2.53 bits per heavy atom. The number of non-ortho nitro benzene ring substituents is 1. The second kappa shape index (κ2) is 4.32. The maximum Gasteiger partial charge on any atom is 0.277 e. The van der Waals surface area contributed by atoms with Crippen molar-refractivity contribution in [2.45, 2.75) is 5.16 Å². The van der Waals surface area contributed by atoms with Crippen molar-refractivity contribution in [1.29, 1.82) is 0 Å². The highest BCUT2D eigenvalue weighted by Gasteiger charge is 2.16. The van der Waals surface area contributed by atoms with Gasteiger partial charge in [-0.05, 0) is 22.6 Å². The van der Waals surface area contributed by atoms with Gasteiger partial charge in [0.2, 0.25) is 5.16 Å². The van der Waals surface area contributed by atoms with Crippen LogP contribution in [0.15, 0.2) is 41.6 Å². The van der Waals surface area contributed by atoms with Crippen LogP contribution in [0.2, 0.25) is 0 Å². The molecule has 0 unspecified atom stereocenters. The van der Waals surface area contributed by atoms with Crippen LogP contribution in [0.5, 0.6) is 0 Å². The van der Waals surface area contributed by atoms with Gasteiger partial charge in [0.05, 0.1) is 16.0 Å². The summed E-state index contributed by atoms with van der Waals surface area (Å²) in [7, 11) is 0. The van der Waals surface area contributed by atoms with E-state index in [9.17, 15) is 10.1 Å². The molecular weight excluding hydrogens is 266 g/mol. The van der Waals surface area contributed by atoms with E-state index in [4.69, 9.17) is 0 Å². The lowest BCUT2D eigenvalue weighted by Crippen LogP contribution is -2.00. The molecule has 1 aromatic heterocycles. The predicted octanol–water partition coefficient (Wildman–Crippen LogP) is 2.01. The van der Waals surface area contributed by atoms with Crippen LogP contribution < -0.4 is 0 Å². The number of rotatable bonds is 2. The number of fused-ring (bicyclic) bond motifs is 1. The van der Waals surface area contributed by atoms with E-state index in [1.807, 2.05) is 0 Å². The van der Waals surface area contributed by atoms with Crippen molar-refractivity contribution in [3.8, 4) is 5.69 Å². The zero-order valence-electron chi connectivity index (χ0n) is 9.46. The van der Waals surface area contributed by atoms with Crippen molar-refractivity contribution in [2.24, 2.45) is 0 Å². The van der Waals surface area contributed by atoms with E-state index in [1.54, 1.807) is 30.3 Å². The van der Waals surface area contributed by atoms with E-state index in [1.165, 1.54) is 10.7 Å². The zero-order chi connectivity index (χ0) is 13.4. The molecule has 0 aliphatic heterocycles. The third-order valence-electron chi connectivity index (χ3n) is 2.76. The summed E-state index contributed by atoms with van der Waals surface area (Å²) in [6.07, 6.45) is 0. The van der Waals surface area contributed by atoms with Crippen LogP contribution in [0.25, 0.3) is 16.5 Å². The number of tetrazole rings is 1. The van der Waals surface area contributed by atoms with Gasteiger partial charge >= 0.3 is 0 Å². The second-order valence-electron chi connectivity index (χ2n) is 3.80. The lowest BCUT2D eigenvalue weighted by Gasteiger charge is -2.06. The zero-order valence-corrected chi connectivity index (χ0v) is 10.4. The fraction of sp³-hybridized carbons (Fsp3) is 0. The van der Waals surface area contributed by atoms with Crippen molar-refractivity contribution in [3.63, 3.8) is 0 Å². The molecule has 0 saturated heterocycles. The SMILES string of the molecule is O=[N+]([O-])c1ccc(-n2nnnc2S)c2ccccc12. The summed E-state index contributed by atoms with van der Waals surface area (Å²) in [6.45, 7) is 0. The van der Waals surface area contributed by atoms with Crippen LogP contribution in [0.1, 0.15) is 0 Å². The Kier molecular flexibility index (Phi) is 2.64. The van der Waals surface area contributed by atoms with Crippen LogP contribution in [0.4, 0.5) is 5.69 Å². The number of hydrogen-bond acceptors (Lipinski definition) is 6. The van der Waals surface area contributed by atoms with Crippen molar-refractivity contribution in [2.75, 3.05) is 0 Å². The van der Waals surface area contributed by atoms with Gasteiger partial charge in [-0.15, -0.1) is 17.7 Å². The molecule has 0 aliphatic carbocycles. The predicted molar refractivity (Wildman–Crippen MR) is 70.6 cm³/mol. The molecule has 7 nitrogen and oxygen atoms in total. The first-order valence-electron chi connectivity index (χ1n) is 5.32. The minimum absolute atomic E-state index is 0.0492. The number of hydrogen-bond donors (Lipinski definition) is 1. The topological polar surface area (TPSA) is 86.7 Å². The van der Waals surface area contributed by atoms with E-state index in [0.29, 0.717) is 21.6 Å². The van der Waals surface area contributed by atoms with Gasteiger partial charge in [-0.1, -0.05) is 18.2 Å². The van der Waals surface area contributed by atoms with E-state index in [2.05, 4.69) is 28.2 Å². The molecule has 0 atom stereocenters. The number of nitro benzene ring substituents is 1. The second-order valence-corrected chi connectivity index (χ2v) is 4.20. The van der Waals surface area contributed by atoms with Crippen LogP contribution in [0, 0.1) is 10.1 Å². The van der Waals surface area contributed by atoms with E-state index < -0.39 is 4.92 Å². The van der Waals surface area contributed by atoms with Crippen molar-refractivity contribution < 1.29 is 4.92 Å². The molecule has 0 fully saturated rings. The normalized spacial score (nSPS) is 10.8. The molecule has 94 valence electrons. The third-order valence-corrected chi connectivity index (χ3v) is 3.03. The van der Waals surface area contributed by atoms with Crippen molar-refractivity contribution >= 4 is 29.1 Å². The molecule has 3 aromatic rings. The minimum atomic E-state index is -0.409. The van der Waals surface area contributed by atoms with Crippen LogP contribution in [0.3, 0.4) is 0 Å². The Hall–Kier alpha value is -2.48. The average Bonchev–Trinajstić information content (AvgIpc) is 2.83. The number of nitro groups is 1. The van der Waals surface area contributed by atoms with Gasteiger partial charge in [-0.3, -0.25) is 10.1 Å². The fourth-order valence-electron chi connectivity index (χ4n) is 1.95. The van der Waals surface area contributed by atoms with Crippen molar-refractivity contribution in [1.82, 2.24) is 20.2 Å². The summed E-state index contributed by atoms with van der Waals surface area (Å²) in [5.74, 6) is 0. The molecule has 8 heteroatoms. The van der Waals surface area contributed by atoms with Gasteiger partial charge in [0.1, 0.15) is 0 Å². The van der Waals surface area contributed by atoms with Crippen molar-refractivity contribution in [3.05, 3.63) is 46.5 Å². The van der Waals surface area contributed by atoms with Gasteiger partial charge in [0, 0.05) is 11.5 Å². The van der Waals surface area contributed by atoms with E-state index >= 15 is 0 Å². The first-order valence-corrected chi connectivity index (χ1v) is 5.77. The molecule has 0 radical (unpaired) electrons. The molecule has 19 heavy (non-hydrogen) atoms. The third kappa shape index (κ3) is 1.82. The highest BCUT2D eigenvalue weighted by atomic mass is 32.1. The van der Waals surface area contributed by atoms with Gasteiger partial charge in [-0.25, -0.2) is 0 Å². The summed E-state index contributed by atoms with van der Waals surface area (Å²) < 4.78 is 1.43. The van der Waals surface area contributed by atoms with Crippen LogP contribution >= 0.6 is 12.6 Å². The number of aromatic nitrogens is 4. The Labute approximate surface area is 112 Å². The molecule has 0 saturated carbocycles. The lowest BCUT2D eigenvalue weighted by atomic mass is 10.1. The molecule has 0 N–H and O–H groups in total. The van der Waals surface area contributed by atoms with E-state index in [0.717, 1.165) is 0 Å². The first kappa shape index (κ1) is 11.6. The maximum atomic E-state index is 11.0. The molecule has 0 aliphatic rings. The standard InChI is InChI=1S/C11H7N5O2S/c17-16(18)10-6-5-9(15-11(19)12-13-14-15)7-3-1-2-4-8(7)10/h1-6H,(H,12,14,19). The Balaban J connectivity index is 2.38. The van der Waals surface area contributed by atoms with Gasteiger partial charge < -0.3 is 0 Å². The first-order chi connectivity index (χ1) is 9.18. The summed E-state index contributed by atoms with van der Waals surface area (Å²) in [4.78, 5) is 10.6. The number of nitrogens with zero attached hydrogens (tertiary/aromatic N) is 5.